The first kappa shape index (κ1) is 4.48. The highest BCUT2D eigenvalue weighted by atomic mass is 15.2. The van der Waals surface area contributed by atoms with Crippen LogP contribution in [0.5, 0.6) is 0 Å². The second-order valence-electron chi connectivity index (χ2n) is 7.05. The van der Waals surface area contributed by atoms with Gasteiger partial charge in [0.2, 0.25) is 0 Å². The average molecular weight is 156 g/mol. The van der Waals surface area contributed by atoms with Gasteiger partial charge in [0.05, 0.1) is 0 Å². The van der Waals surface area contributed by atoms with Crippen LogP contribution in [0.25, 0.3) is 0 Å². The Morgan fingerprint density at radius 1 is 0.917 bits per heavy atom. The molecule has 0 heteroatoms. The quantitative estimate of drug-likeness (QED) is 0.502. The summed E-state index contributed by atoms with van der Waals surface area (Å²) in [6.45, 7) is 0. The summed E-state index contributed by atoms with van der Waals surface area (Å²) in [6, 6.07) is 0. The van der Waals surface area contributed by atoms with Gasteiger partial charge < -0.3 is 0 Å². The van der Waals surface area contributed by atoms with Gasteiger partial charge in [-0.3, -0.25) is 0 Å². The molecule has 0 N–H and O–H groups in total. The Bertz CT molecular complexity index is 412. The van der Waals surface area contributed by atoms with Crippen LogP contribution in [0.2, 0.25) is 0 Å². The van der Waals surface area contributed by atoms with E-state index in [0.29, 0.717) is 0 Å². The Kier molecular flexibility index (Phi) is 0.270. The zero-order valence-corrected chi connectivity index (χ0v) is 7.09. The highest BCUT2D eigenvalue weighted by molar-refractivity contribution is 5.65. The standard InChI is InChI=1S/C12H12/c1-5-4-2-10-3-7-8-6(1)11(7,10)12(5,10)9(4)8/h4-9H,1-3H2. The molecule has 0 aromatic carbocycles. The minimum atomic E-state index is 1.06. The van der Waals surface area contributed by atoms with Gasteiger partial charge in [-0.15, -0.1) is 0 Å². The van der Waals surface area contributed by atoms with Gasteiger partial charge in [0, 0.05) is 0 Å². The summed E-state index contributed by atoms with van der Waals surface area (Å²) in [6.07, 6.45) is 5.16. The molecule has 12 heavy (non-hydrogen) atoms. The molecule has 9 atom stereocenters. The molecular weight excluding hydrogens is 144 g/mol. The Labute approximate surface area is 71.7 Å². The molecule has 0 saturated heterocycles. The summed E-state index contributed by atoms with van der Waals surface area (Å²) in [4.78, 5) is 0. The van der Waals surface area contributed by atoms with Gasteiger partial charge in [-0.1, -0.05) is 0 Å². The normalized spacial score (nSPS) is 108. The van der Waals surface area contributed by atoms with Crippen LogP contribution in [-0.4, -0.2) is 0 Å². The van der Waals surface area contributed by atoms with Crippen LogP contribution in [0.1, 0.15) is 19.3 Å². The lowest BCUT2D eigenvalue weighted by atomic mass is 9.39. The third-order valence-corrected chi connectivity index (χ3v) is 8.47. The first-order valence-electron chi connectivity index (χ1n) is 5.91. The van der Waals surface area contributed by atoms with Crippen LogP contribution in [0.3, 0.4) is 0 Å². The molecule has 0 nitrogen and oxygen atoms in total. The van der Waals surface area contributed by atoms with Crippen LogP contribution in [0.4, 0.5) is 0 Å². The van der Waals surface area contributed by atoms with E-state index in [-0.39, 0.29) is 0 Å². The fourth-order valence-corrected chi connectivity index (χ4v) is 9.52. The number of hydrogen-bond acceptors (Lipinski definition) is 0. The van der Waals surface area contributed by atoms with Crippen LogP contribution in [-0.2, 0) is 0 Å². The molecule has 3 spiro atoms. The number of rotatable bonds is 0. The monoisotopic (exact) mass is 156 g/mol. The zero-order chi connectivity index (χ0) is 7.09. The van der Waals surface area contributed by atoms with Crippen molar-refractivity contribution < 1.29 is 0 Å². The predicted molar refractivity (Wildman–Crippen MR) is 42.1 cm³/mol. The van der Waals surface area contributed by atoms with E-state index in [9.17, 15) is 0 Å². The summed E-state index contributed by atoms with van der Waals surface area (Å²) >= 11 is 0. The topological polar surface area (TPSA) is 0 Å². The first-order chi connectivity index (χ1) is 5.91. The van der Waals surface area contributed by atoms with Crippen molar-refractivity contribution in [2.75, 3.05) is 0 Å². The van der Waals surface area contributed by atoms with Crippen molar-refractivity contribution >= 4 is 0 Å². The summed E-state index contributed by atoms with van der Waals surface area (Å²) in [5.74, 6) is 7.85. The van der Waals surface area contributed by atoms with Crippen molar-refractivity contribution in [3.05, 3.63) is 0 Å². The smallest absolute Gasteiger partial charge is 0.0103 e. The first-order valence-corrected chi connectivity index (χ1v) is 5.91. The second-order valence-corrected chi connectivity index (χ2v) is 7.05. The minimum absolute atomic E-state index is 1.06. The second kappa shape index (κ2) is 0.723. The van der Waals surface area contributed by atoms with E-state index in [0.717, 1.165) is 16.2 Å². The SMILES string of the molecule is C1C2C3C4CC56CC7C1C5(C73)C246. The fraction of sp³-hybridized carbons (Fsp3) is 1.00. The maximum atomic E-state index is 1.73. The van der Waals surface area contributed by atoms with Crippen molar-refractivity contribution in [2.24, 2.45) is 51.8 Å². The van der Waals surface area contributed by atoms with Crippen LogP contribution in [0, 0.1) is 51.8 Å². The molecule has 0 aromatic rings. The summed E-state index contributed by atoms with van der Waals surface area (Å²) in [7, 11) is 0. The Morgan fingerprint density at radius 3 is 2.67 bits per heavy atom. The van der Waals surface area contributed by atoms with Gasteiger partial charge in [-0.25, -0.2) is 0 Å². The predicted octanol–water partition coefficient (Wildman–Crippen LogP) is 1.91. The third-order valence-electron chi connectivity index (χ3n) is 8.47. The molecule has 0 heterocycles. The van der Waals surface area contributed by atoms with Gasteiger partial charge in [0.25, 0.3) is 0 Å². The Balaban J connectivity index is 1.89. The lowest BCUT2D eigenvalue weighted by Crippen LogP contribution is -2.60. The average Bonchev–Trinajstić information content (AvgIpc) is 2.42. The van der Waals surface area contributed by atoms with E-state index in [1.54, 1.807) is 19.3 Å². The molecule has 9 rings (SSSR count). The molecule has 9 aliphatic rings. The lowest BCUT2D eigenvalue weighted by Gasteiger charge is -2.65. The Hall–Kier alpha value is 0. The molecule has 0 radical (unpaired) electrons. The molecule has 9 saturated carbocycles. The van der Waals surface area contributed by atoms with Gasteiger partial charge in [0.1, 0.15) is 0 Å². The molecule has 0 aliphatic heterocycles. The van der Waals surface area contributed by atoms with Crippen molar-refractivity contribution in [1.29, 1.82) is 0 Å². The van der Waals surface area contributed by atoms with E-state index in [2.05, 4.69) is 0 Å². The highest BCUT2D eigenvalue weighted by Gasteiger charge is 3.18. The highest BCUT2D eigenvalue weighted by Crippen LogP contribution is 3.22. The van der Waals surface area contributed by atoms with Gasteiger partial charge in [0.15, 0.2) is 0 Å². The Morgan fingerprint density at radius 2 is 1.92 bits per heavy atom. The number of hydrogen-bond donors (Lipinski definition) is 0. The van der Waals surface area contributed by atoms with Crippen LogP contribution in [0.15, 0.2) is 0 Å². The minimum Gasteiger partial charge on any atom is -0.0459 e. The molecule has 0 aromatic heterocycles. The molecule has 9 aliphatic carbocycles. The molecule has 9 fully saturated rings. The fourth-order valence-electron chi connectivity index (χ4n) is 9.52. The van der Waals surface area contributed by atoms with Gasteiger partial charge in [-0.05, 0) is 71.0 Å². The largest absolute Gasteiger partial charge is 0.0459 e. The lowest BCUT2D eigenvalue weighted by molar-refractivity contribution is -0.180. The van der Waals surface area contributed by atoms with E-state index in [1.807, 2.05) is 0 Å². The van der Waals surface area contributed by atoms with Crippen molar-refractivity contribution in [3.63, 3.8) is 0 Å². The van der Waals surface area contributed by atoms with E-state index in [4.69, 9.17) is 0 Å². The molecule has 5 bridgehead atoms. The molecule has 60 valence electrons. The van der Waals surface area contributed by atoms with Gasteiger partial charge >= 0.3 is 0 Å². The van der Waals surface area contributed by atoms with Crippen molar-refractivity contribution in [2.45, 2.75) is 19.3 Å². The maximum Gasteiger partial charge on any atom is -0.0103 e. The summed E-state index contributed by atoms with van der Waals surface area (Å²) in [5.41, 5.74) is 3.24. The van der Waals surface area contributed by atoms with Crippen LogP contribution >= 0.6 is 0 Å². The van der Waals surface area contributed by atoms with Crippen LogP contribution < -0.4 is 0 Å². The summed E-state index contributed by atoms with van der Waals surface area (Å²) < 4.78 is 0. The van der Waals surface area contributed by atoms with Gasteiger partial charge in [-0.2, -0.15) is 0 Å². The van der Waals surface area contributed by atoms with Crippen molar-refractivity contribution in [1.82, 2.24) is 0 Å². The molecular formula is C12H12. The molecule has 9 unspecified atom stereocenters. The molecule has 0 amide bonds. The van der Waals surface area contributed by atoms with E-state index >= 15 is 0 Å². The third kappa shape index (κ3) is 0.118. The zero-order valence-electron chi connectivity index (χ0n) is 7.09. The van der Waals surface area contributed by atoms with E-state index in [1.165, 1.54) is 35.5 Å². The van der Waals surface area contributed by atoms with Crippen molar-refractivity contribution in [3.8, 4) is 0 Å². The maximum absolute atomic E-state index is 1.73. The summed E-state index contributed by atoms with van der Waals surface area (Å²) in [5, 5.41) is 0. The van der Waals surface area contributed by atoms with E-state index < -0.39 is 0 Å².